The Labute approximate surface area is 179 Å². The maximum absolute atomic E-state index is 5.66. The molecule has 1 aliphatic heterocycles. The van der Waals surface area contributed by atoms with Crippen LogP contribution in [0.4, 0.5) is 0 Å². The molecule has 0 saturated carbocycles. The number of aliphatic imine (C=N–C) groups is 1. The van der Waals surface area contributed by atoms with E-state index in [4.69, 9.17) is 14.2 Å². The van der Waals surface area contributed by atoms with Crippen molar-refractivity contribution in [3.63, 3.8) is 0 Å². The number of methoxy groups -OCH3 is 2. The minimum Gasteiger partial charge on any atom is -0.497 e. The lowest BCUT2D eigenvalue weighted by Gasteiger charge is -2.39. The van der Waals surface area contributed by atoms with Crippen molar-refractivity contribution in [2.45, 2.75) is 24.8 Å². The maximum atomic E-state index is 5.66. The standard InChI is InChI=1S/C24H33N3O3/c1-25-23(27(2)17-19-10-11-21(28-3)16-22(19)29-4)26-18-24(12-14-30-15-13-24)20-8-6-5-7-9-20/h5-11,16H,12-15,17-18H2,1-4H3,(H,25,26). The fraction of sp³-hybridized carbons (Fsp3) is 0.458. The zero-order chi connectivity index (χ0) is 21.4. The van der Waals surface area contributed by atoms with Crippen molar-refractivity contribution < 1.29 is 14.2 Å². The fourth-order valence-electron chi connectivity index (χ4n) is 4.07. The molecule has 3 rings (SSSR count). The molecule has 1 fully saturated rings. The molecule has 1 saturated heterocycles. The third-order valence-corrected chi connectivity index (χ3v) is 5.90. The summed E-state index contributed by atoms with van der Waals surface area (Å²) >= 11 is 0. The van der Waals surface area contributed by atoms with Gasteiger partial charge in [-0.1, -0.05) is 30.3 Å². The molecule has 6 nitrogen and oxygen atoms in total. The molecular formula is C24H33N3O3. The normalized spacial score (nSPS) is 16.1. The van der Waals surface area contributed by atoms with E-state index >= 15 is 0 Å². The first-order chi connectivity index (χ1) is 14.6. The predicted molar refractivity (Wildman–Crippen MR) is 121 cm³/mol. The summed E-state index contributed by atoms with van der Waals surface area (Å²) in [5, 5.41) is 3.61. The van der Waals surface area contributed by atoms with E-state index in [1.165, 1.54) is 5.56 Å². The molecule has 1 N–H and O–H groups in total. The first-order valence-corrected chi connectivity index (χ1v) is 10.4. The van der Waals surface area contributed by atoms with Crippen LogP contribution in [0.15, 0.2) is 53.5 Å². The van der Waals surface area contributed by atoms with Crippen LogP contribution in [0.2, 0.25) is 0 Å². The molecule has 1 aliphatic rings. The number of hydrogen-bond acceptors (Lipinski definition) is 4. The van der Waals surface area contributed by atoms with E-state index in [1.54, 1.807) is 14.2 Å². The Kier molecular flexibility index (Phi) is 7.57. The first kappa shape index (κ1) is 22.0. The molecule has 30 heavy (non-hydrogen) atoms. The van der Waals surface area contributed by atoms with Gasteiger partial charge in [-0.25, -0.2) is 0 Å². The molecule has 0 bridgehead atoms. The lowest BCUT2D eigenvalue weighted by molar-refractivity contribution is 0.0512. The minimum atomic E-state index is 0.0497. The lowest BCUT2D eigenvalue weighted by Crippen LogP contribution is -2.48. The van der Waals surface area contributed by atoms with Crippen LogP contribution in [-0.2, 0) is 16.7 Å². The molecule has 2 aromatic carbocycles. The van der Waals surface area contributed by atoms with Crippen LogP contribution in [0.5, 0.6) is 11.5 Å². The van der Waals surface area contributed by atoms with Crippen molar-refractivity contribution in [3.05, 3.63) is 59.7 Å². The maximum Gasteiger partial charge on any atom is 0.193 e. The fourth-order valence-corrected chi connectivity index (χ4v) is 4.07. The van der Waals surface area contributed by atoms with Gasteiger partial charge in [-0.2, -0.15) is 0 Å². The van der Waals surface area contributed by atoms with Crippen LogP contribution in [0.1, 0.15) is 24.0 Å². The smallest absolute Gasteiger partial charge is 0.193 e. The molecular weight excluding hydrogens is 378 g/mol. The second-order valence-electron chi connectivity index (χ2n) is 7.69. The topological polar surface area (TPSA) is 55.3 Å². The SMILES string of the molecule is CN=C(NCC1(c2ccccc2)CCOCC1)N(C)Cc1ccc(OC)cc1OC. The summed E-state index contributed by atoms with van der Waals surface area (Å²) in [6.45, 7) is 3.06. The Morgan fingerprint density at radius 3 is 2.47 bits per heavy atom. The quantitative estimate of drug-likeness (QED) is 0.559. The molecule has 2 aromatic rings. The van der Waals surface area contributed by atoms with Gasteiger partial charge in [0.2, 0.25) is 0 Å². The molecule has 0 spiro atoms. The molecule has 0 aliphatic carbocycles. The summed E-state index contributed by atoms with van der Waals surface area (Å²) in [6.07, 6.45) is 1.99. The zero-order valence-corrected chi connectivity index (χ0v) is 18.5. The number of benzene rings is 2. The highest BCUT2D eigenvalue weighted by molar-refractivity contribution is 5.79. The highest BCUT2D eigenvalue weighted by atomic mass is 16.5. The van der Waals surface area contributed by atoms with Gasteiger partial charge in [-0.05, 0) is 30.5 Å². The highest BCUT2D eigenvalue weighted by Crippen LogP contribution is 2.34. The zero-order valence-electron chi connectivity index (χ0n) is 18.5. The van der Waals surface area contributed by atoms with Gasteiger partial charge in [0.25, 0.3) is 0 Å². The van der Waals surface area contributed by atoms with Crippen molar-refractivity contribution in [1.82, 2.24) is 10.2 Å². The molecule has 0 atom stereocenters. The van der Waals surface area contributed by atoms with Crippen LogP contribution in [0.3, 0.4) is 0 Å². The van der Waals surface area contributed by atoms with E-state index in [-0.39, 0.29) is 5.41 Å². The Bertz CT molecular complexity index is 833. The summed E-state index contributed by atoms with van der Waals surface area (Å²) < 4.78 is 16.5. The van der Waals surface area contributed by atoms with Gasteiger partial charge in [0, 0.05) is 57.4 Å². The monoisotopic (exact) mass is 411 g/mol. The second-order valence-corrected chi connectivity index (χ2v) is 7.69. The number of nitrogens with zero attached hydrogens (tertiary/aromatic N) is 2. The van der Waals surface area contributed by atoms with Crippen molar-refractivity contribution in [3.8, 4) is 11.5 Å². The van der Waals surface area contributed by atoms with Crippen LogP contribution < -0.4 is 14.8 Å². The van der Waals surface area contributed by atoms with Crippen LogP contribution in [0, 0.1) is 0 Å². The molecule has 6 heteroatoms. The van der Waals surface area contributed by atoms with E-state index in [0.29, 0.717) is 6.54 Å². The third-order valence-electron chi connectivity index (χ3n) is 5.90. The molecule has 0 radical (unpaired) electrons. The number of hydrogen-bond donors (Lipinski definition) is 1. The van der Waals surface area contributed by atoms with E-state index in [1.807, 2.05) is 32.3 Å². The summed E-state index contributed by atoms with van der Waals surface area (Å²) in [4.78, 5) is 6.63. The van der Waals surface area contributed by atoms with Crippen molar-refractivity contribution in [2.24, 2.45) is 4.99 Å². The Balaban J connectivity index is 1.71. The average Bonchev–Trinajstić information content (AvgIpc) is 2.81. The highest BCUT2D eigenvalue weighted by Gasteiger charge is 2.34. The molecule has 0 amide bonds. The van der Waals surface area contributed by atoms with Crippen LogP contribution in [-0.4, -0.2) is 58.9 Å². The van der Waals surface area contributed by atoms with Gasteiger partial charge in [-0.3, -0.25) is 4.99 Å². The average molecular weight is 412 g/mol. The lowest BCUT2D eigenvalue weighted by atomic mass is 9.74. The largest absolute Gasteiger partial charge is 0.497 e. The third kappa shape index (κ3) is 5.05. The van der Waals surface area contributed by atoms with E-state index < -0.39 is 0 Å². The van der Waals surface area contributed by atoms with E-state index in [2.05, 4.69) is 45.5 Å². The van der Waals surface area contributed by atoms with Gasteiger partial charge in [0.05, 0.1) is 14.2 Å². The Hall–Kier alpha value is -2.73. The number of ether oxygens (including phenoxy) is 3. The number of rotatable bonds is 7. The predicted octanol–water partition coefficient (Wildman–Crippen LogP) is 3.46. The number of guanidine groups is 1. The summed E-state index contributed by atoms with van der Waals surface area (Å²) in [6, 6.07) is 16.6. The Morgan fingerprint density at radius 2 is 1.83 bits per heavy atom. The van der Waals surface area contributed by atoms with E-state index in [0.717, 1.165) is 55.6 Å². The van der Waals surface area contributed by atoms with Crippen molar-refractivity contribution in [1.29, 1.82) is 0 Å². The van der Waals surface area contributed by atoms with Gasteiger partial charge < -0.3 is 24.4 Å². The van der Waals surface area contributed by atoms with Gasteiger partial charge >= 0.3 is 0 Å². The van der Waals surface area contributed by atoms with Gasteiger partial charge in [-0.15, -0.1) is 0 Å². The molecule has 162 valence electrons. The van der Waals surface area contributed by atoms with Crippen LogP contribution in [0.25, 0.3) is 0 Å². The van der Waals surface area contributed by atoms with Crippen LogP contribution >= 0.6 is 0 Å². The second kappa shape index (κ2) is 10.3. The number of nitrogens with one attached hydrogen (secondary N) is 1. The Morgan fingerprint density at radius 1 is 1.10 bits per heavy atom. The van der Waals surface area contributed by atoms with Gasteiger partial charge in [0.15, 0.2) is 5.96 Å². The van der Waals surface area contributed by atoms with Crippen molar-refractivity contribution in [2.75, 3.05) is 48.1 Å². The minimum absolute atomic E-state index is 0.0497. The molecule has 0 aromatic heterocycles. The van der Waals surface area contributed by atoms with E-state index in [9.17, 15) is 0 Å². The molecule has 0 unspecified atom stereocenters. The first-order valence-electron chi connectivity index (χ1n) is 10.4. The summed E-state index contributed by atoms with van der Waals surface area (Å²) in [5.74, 6) is 2.45. The van der Waals surface area contributed by atoms with Crippen molar-refractivity contribution >= 4 is 5.96 Å². The summed E-state index contributed by atoms with van der Waals surface area (Å²) in [7, 11) is 7.20. The summed E-state index contributed by atoms with van der Waals surface area (Å²) in [5.41, 5.74) is 2.48. The molecule has 1 heterocycles. The van der Waals surface area contributed by atoms with Gasteiger partial charge in [0.1, 0.15) is 11.5 Å².